The zero-order valence-electron chi connectivity index (χ0n) is 11.4. The zero-order chi connectivity index (χ0) is 12.9. The van der Waals surface area contributed by atoms with Crippen molar-refractivity contribution in [2.75, 3.05) is 0 Å². The fourth-order valence-electron chi connectivity index (χ4n) is 3.48. The van der Waals surface area contributed by atoms with E-state index < -0.39 is 0 Å². The maximum atomic E-state index is 12.0. The minimum atomic E-state index is -0.361. The standard InChI is InChI=1S/C14H22N2OS/c1-8(2)14(3)12(17)16-13(18-14)15-11-7-9-4-5-10(11)6-9/h8-11H,4-7H2,1-3H3,(H,15,16,17)/t9?,10?,11?,14-/m0/s1. The second-order valence-corrected chi connectivity index (χ2v) is 7.95. The summed E-state index contributed by atoms with van der Waals surface area (Å²) >= 11 is 1.63. The summed E-state index contributed by atoms with van der Waals surface area (Å²) in [7, 11) is 0. The molecular formula is C14H22N2OS. The lowest BCUT2D eigenvalue weighted by Crippen LogP contribution is -2.38. The van der Waals surface area contributed by atoms with Crippen molar-refractivity contribution in [1.29, 1.82) is 0 Å². The van der Waals surface area contributed by atoms with Gasteiger partial charge in [-0.3, -0.25) is 4.79 Å². The molecule has 0 aromatic heterocycles. The summed E-state index contributed by atoms with van der Waals surface area (Å²) in [6.07, 6.45) is 5.42. The molecule has 100 valence electrons. The minimum Gasteiger partial charge on any atom is -0.361 e. The highest BCUT2D eigenvalue weighted by Crippen LogP contribution is 2.46. The molecule has 3 nitrogen and oxygen atoms in total. The van der Waals surface area contributed by atoms with E-state index >= 15 is 0 Å². The van der Waals surface area contributed by atoms with Crippen LogP contribution in [-0.4, -0.2) is 21.9 Å². The van der Waals surface area contributed by atoms with E-state index in [9.17, 15) is 4.79 Å². The van der Waals surface area contributed by atoms with Gasteiger partial charge in [-0.05, 0) is 43.9 Å². The lowest BCUT2D eigenvalue weighted by molar-refractivity contribution is -0.120. The molecule has 3 unspecified atom stereocenters. The van der Waals surface area contributed by atoms with Crippen molar-refractivity contribution in [3.05, 3.63) is 0 Å². The van der Waals surface area contributed by atoms with Crippen LogP contribution in [-0.2, 0) is 4.79 Å². The third kappa shape index (κ3) is 1.89. The van der Waals surface area contributed by atoms with Crippen LogP contribution in [0.5, 0.6) is 0 Å². The highest BCUT2D eigenvalue weighted by molar-refractivity contribution is 8.16. The van der Waals surface area contributed by atoms with Crippen molar-refractivity contribution in [2.24, 2.45) is 22.7 Å². The second kappa shape index (κ2) is 4.26. The molecule has 0 saturated heterocycles. The Morgan fingerprint density at radius 1 is 1.39 bits per heavy atom. The van der Waals surface area contributed by atoms with Crippen LogP contribution in [0.4, 0.5) is 0 Å². The van der Waals surface area contributed by atoms with Gasteiger partial charge in [0.2, 0.25) is 0 Å². The van der Waals surface area contributed by atoms with Crippen LogP contribution in [0.25, 0.3) is 0 Å². The number of hydrogen-bond acceptors (Lipinski definition) is 3. The first-order valence-corrected chi connectivity index (χ1v) is 7.89. The number of aliphatic imine (C=N–C) groups is 1. The Morgan fingerprint density at radius 3 is 2.67 bits per heavy atom. The molecule has 3 aliphatic rings. The molecule has 2 aliphatic carbocycles. The highest BCUT2D eigenvalue weighted by atomic mass is 32.2. The van der Waals surface area contributed by atoms with Crippen molar-refractivity contribution in [1.82, 2.24) is 5.32 Å². The molecule has 1 amide bonds. The summed E-state index contributed by atoms with van der Waals surface area (Å²) in [4.78, 5) is 16.3. The van der Waals surface area contributed by atoms with E-state index in [1.165, 1.54) is 25.7 Å². The minimum absolute atomic E-state index is 0.0353. The number of carbonyl (C=O) groups excluding carboxylic acids is 1. The molecule has 1 aliphatic heterocycles. The molecule has 4 atom stereocenters. The Balaban J connectivity index is 1.65. The van der Waals surface area contributed by atoms with Crippen molar-refractivity contribution >= 4 is 22.8 Å². The van der Waals surface area contributed by atoms with E-state index in [1.54, 1.807) is 11.8 Å². The van der Waals surface area contributed by atoms with Gasteiger partial charge in [0.15, 0.2) is 5.17 Å². The van der Waals surface area contributed by atoms with E-state index in [0.29, 0.717) is 12.0 Å². The number of thioether (sulfide) groups is 1. The fraction of sp³-hybridized carbons (Fsp3) is 0.857. The maximum Gasteiger partial charge on any atom is 0.264 e. The Kier molecular flexibility index (Phi) is 2.96. The van der Waals surface area contributed by atoms with Gasteiger partial charge in [-0.15, -0.1) is 0 Å². The van der Waals surface area contributed by atoms with Gasteiger partial charge >= 0.3 is 0 Å². The number of amides is 1. The number of nitrogens with zero attached hydrogens (tertiary/aromatic N) is 1. The van der Waals surface area contributed by atoms with Gasteiger partial charge in [-0.25, -0.2) is 0 Å². The van der Waals surface area contributed by atoms with Gasteiger partial charge in [0.25, 0.3) is 5.91 Å². The second-order valence-electron chi connectivity index (χ2n) is 6.51. The summed E-state index contributed by atoms with van der Waals surface area (Å²) < 4.78 is -0.361. The summed E-state index contributed by atoms with van der Waals surface area (Å²) in [5.74, 6) is 2.09. The maximum absolute atomic E-state index is 12.0. The number of nitrogens with one attached hydrogen (secondary N) is 1. The average Bonchev–Trinajstić information content (AvgIpc) is 2.95. The van der Waals surface area contributed by atoms with Crippen LogP contribution in [0.3, 0.4) is 0 Å². The molecule has 1 heterocycles. The van der Waals surface area contributed by atoms with Gasteiger partial charge in [-0.2, -0.15) is 4.99 Å². The molecular weight excluding hydrogens is 244 g/mol. The predicted octanol–water partition coefficient (Wildman–Crippen LogP) is 2.81. The van der Waals surface area contributed by atoms with Gasteiger partial charge in [-0.1, -0.05) is 32.0 Å². The molecule has 18 heavy (non-hydrogen) atoms. The predicted molar refractivity (Wildman–Crippen MR) is 75.6 cm³/mol. The summed E-state index contributed by atoms with van der Waals surface area (Å²) in [6, 6.07) is 0.567. The van der Waals surface area contributed by atoms with Gasteiger partial charge in [0.05, 0.1) is 0 Å². The van der Waals surface area contributed by atoms with Gasteiger partial charge in [0, 0.05) is 6.04 Å². The molecule has 1 N–H and O–H groups in total. The summed E-state index contributed by atoms with van der Waals surface area (Å²) in [6.45, 7) is 6.21. The van der Waals surface area contributed by atoms with E-state index in [2.05, 4.69) is 24.2 Å². The lowest BCUT2D eigenvalue weighted by Gasteiger charge is -2.26. The first-order chi connectivity index (χ1) is 8.49. The molecule has 0 aromatic rings. The molecule has 2 saturated carbocycles. The van der Waals surface area contributed by atoms with Crippen molar-refractivity contribution in [3.63, 3.8) is 0 Å². The van der Waals surface area contributed by atoms with Gasteiger partial charge < -0.3 is 5.32 Å². The number of carbonyl (C=O) groups is 1. The third-order valence-electron chi connectivity index (χ3n) is 5.09. The monoisotopic (exact) mass is 266 g/mol. The van der Waals surface area contributed by atoms with E-state index in [0.717, 1.165) is 17.0 Å². The van der Waals surface area contributed by atoms with Crippen molar-refractivity contribution in [3.8, 4) is 0 Å². The molecule has 4 heteroatoms. The van der Waals surface area contributed by atoms with E-state index in [4.69, 9.17) is 0 Å². The molecule has 2 bridgehead atoms. The molecule has 2 fully saturated rings. The van der Waals surface area contributed by atoms with Crippen LogP contribution in [0.1, 0.15) is 46.5 Å². The normalized spacial score (nSPS) is 42.8. The third-order valence-corrected chi connectivity index (χ3v) is 6.56. The Hall–Kier alpha value is -0.510. The number of hydrogen-bond donors (Lipinski definition) is 1. The van der Waals surface area contributed by atoms with Crippen LogP contribution in [0, 0.1) is 17.8 Å². The van der Waals surface area contributed by atoms with Crippen molar-refractivity contribution < 1.29 is 4.79 Å². The van der Waals surface area contributed by atoms with Crippen LogP contribution >= 0.6 is 11.8 Å². The van der Waals surface area contributed by atoms with E-state index in [1.807, 2.05) is 6.92 Å². The van der Waals surface area contributed by atoms with Gasteiger partial charge in [0.1, 0.15) is 4.75 Å². The van der Waals surface area contributed by atoms with Crippen LogP contribution in [0.2, 0.25) is 0 Å². The zero-order valence-corrected chi connectivity index (χ0v) is 12.2. The summed E-state index contributed by atoms with van der Waals surface area (Å²) in [5.41, 5.74) is 0. The van der Waals surface area contributed by atoms with Crippen molar-refractivity contribution in [2.45, 2.75) is 57.2 Å². The first-order valence-electron chi connectivity index (χ1n) is 7.07. The smallest absolute Gasteiger partial charge is 0.264 e. The van der Waals surface area contributed by atoms with Crippen LogP contribution in [0.15, 0.2) is 4.99 Å². The average molecular weight is 266 g/mol. The topological polar surface area (TPSA) is 41.5 Å². The Labute approximate surface area is 113 Å². The number of fused-ring (bicyclic) bond motifs is 2. The lowest BCUT2D eigenvalue weighted by atomic mass is 9.96. The highest BCUT2D eigenvalue weighted by Gasteiger charge is 2.46. The Bertz CT molecular complexity index is 407. The molecule has 3 rings (SSSR count). The fourth-order valence-corrected chi connectivity index (χ4v) is 4.59. The number of amidine groups is 1. The van der Waals surface area contributed by atoms with E-state index in [-0.39, 0.29) is 10.7 Å². The molecule has 0 radical (unpaired) electrons. The Morgan fingerprint density at radius 2 is 2.17 bits per heavy atom. The molecule has 0 aromatic carbocycles. The largest absolute Gasteiger partial charge is 0.361 e. The quantitative estimate of drug-likeness (QED) is 0.835. The first kappa shape index (κ1) is 12.5. The SMILES string of the molecule is CC(C)[C@]1(C)SC(NC2CC3CCC2C3)=NC1=O. The molecule has 0 spiro atoms. The number of rotatable bonds is 2. The summed E-state index contributed by atoms with van der Waals surface area (Å²) in [5, 5.41) is 4.41. The van der Waals surface area contributed by atoms with Crippen LogP contribution < -0.4 is 5.32 Å².